The Kier molecular flexibility index (Phi) is 6.01. The summed E-state index contributed by atoms with van der Waals surface area (Å²) in [6.45, 7) is 7.81. The number of nitrogens with one attached hydrogen (secondary N) is 1. The van der Waals surface area contributed by atoms with Crippen molar-refractivity contribution in [3.8, 4) is 0 Å². The minimum atomic E-state index is -3.40. The number of hydrogen-bond acceptors (Lipinski definition) is 2. The van der Waals surface area contributed by atoms with E-state index in [1.807, 2.05) is 32.9 Å². The van der Waals surface area contributed by atoms with Crippen molar-refractivity contribution >= 4 is 10.0 Å². The second kappa shape index (κ2) is 7.06. The predicted molar refractivity (Wildman–Crippen MR) is 79.8 cm³/mol. The summed E-state index contributed by atoms with van der Waals surface area (Å²) in [5.41, 5.74) is 1.75. The molecule has 0 radical (unpaired) electrons. The zero-order valence-electron chi connectivity index (χ0n) is 12.4. The monoisotopic (exact) mass is 283 g/mol. The molecule has 0 aliphatic rings. The quantitative estimate of drug-likeness (QED) is 0.778. The minimum absolute atomic E-state index is 0.0172. The van der Waals surface area contributed by atoms with E-state index in [1.165, 1.54) is 0 Å². The Morgan fingerprint density at radius 3 is 2.53 bits per heavy atom. The molecule has 1 unspecified atom stereocenters. The van der Waals surface area contributed by atoms with Crippen LogP contribution < -0.4 is 4.72 Å². The van der Waals surface area contributed by atoms with Crippen LogP contribution in [0.5, 0.6) is 0 Å². The third-order valence-corrected chi connectivity index (χ3v) is 4.96. The predicted octanol–water partition coefficient (Wildman–Crippen LogP) is 3.55. The molecule has 0 amide bonds. The van der Waals surface area contributed by atoms with Crippen LogP contribution in [0.3, 0.4) is 0 Å². The van der Waals surface area contributed by atoms with E-state index in [2.05, 4.69) is 11.6 Å². The third-order valence-electron chi connectivity index (χ3n) is 3.23. The molecular weight excluding hydrogens is 258 g/mol. The summed E-state index contributed by atoms with van der Waals surface area (Å²) >= 11 is 0. The molecule has 1 atom stereocenters. The van der Waals surface area contributed by atoms with Gasteiger partial charge in [-0.15, -0.1) is 0 Å². The van der Waals surface area contributed by atoms with Crippen molar-refractivity contribution in [3.05, 3.63) is 29.3 Å². The number of aryl methyl sites for hydroxylation is 2. The van der Waals surface area contributed by atoms with Crippen molar-refractivity contribution in [2.45, 2.75) is 64.3 Å². The van der Waals surface area contributed by atoms with E-state index in [9.17, 15) is 8.42 Å². The van der Waals surface area contributed by atoms with Gasteiger partial charge in [-0.25, -0.2) is 13.1 Å². The van der Waals surface area contributed by atoms with Crippen LogP contribution in [-0.4, -0.2) is 14.5 Å². The van der Waals surface area contributed by atoms with Crippen LogP contribution in [0.4, 0.5) is 0 Å². The van der Waals surface area contributed by atoms with Gasteiger partial charge in [-0.1, -0.05) is 38.3 Å². The van der Waals surface area contributed by atoms with Gasteiger partial charge in [-0.3, -0.25) is 0 Å². The summed E-state index contributed by atoms with van der Waals surface area (Å²) in [4.78, 5) is 0.398. The SMILES string of the molecule is CCCCCC(C)NS(=O)(=O)c1cc(C)ccc1C. The van der Waals surface area contributed by atoms with E-state index in [0.717, 1.165) is 36.8 Å². The van der Waals surface area contributed by atoms with Crippen molar-refractivity contribution in [2.24, 2.45) is 0 Å². The molecule has 0 saturated heterocycles. The van der Waals surface area contributed by atoms with Gasteiger partial charge < -0.3 is 0 Å². The number of sulfonamides is 1. The van der Waals surface area contributed by atoms with Crippen LogP contribution in [0, 0.1) is 13.8 Å². The molecule has 1 rings (SSSR count). The lowest BCUT2D eigenvalue weighted by molar-refractivity contribution is 0.527. The fourth-order valence-corrected chi connectivity index (χ4v) is 3.69. The molecule has 3 nitrogen and oxygen atoms in total. The van der Waals surface area contributed by atoms with Gasteiger partial charge in [0.15, 0.2) is 0 Å². The second-order valence-electron chi connectivity index (χ2n) is 5.29. The molecular formula is C15H25NO2S. The molecule has 108 valence electrons. The van der Waals surface area contributed by atoms with Crippen LogP contribution in [-0.2, 0) is 10.0 Å². The molecule has 0 fully saturated rings. The lowest BCUT2D eigenvalue weighted by Crippen LogP contribution is -2.33. The maximum Gasteiger partial charge on any atom is 0.241 e. The van der Waals surface area contributed by atoms with Gasteiger partial charge >= 0.3 is 0 Å². The fraction of sp³-hybridized carbons (Fsp3) is 0.600. The van der Waals surface area contributed by atoms with Crippen LogP contribution in [0.2, 0.25) is 0 Å². The summed E-state index contributed by atoms with van der Waals surface area (Å²) in [5.74, 6) is 0. The Labute approximate surface area is 117 Å². The molecule has 1 aromatic carbocycles. The van der Waals surface area contributed by atoms with Gasteiger partial charge in [0.2, 0.25) is 10.0 Å². The van der Waals surface area contributed by atoms with Gasteiger partial charge in [-0.2, -0.15) is 0 Å². The maximum atomic E-state index is 12.3. The number of rotatable bonds is 7. The molecule has 0 spiro atoms. The topological polar surface area (TPSA) is 46.2 Å². The third kappa shape index (κ3) is 4.96. The van der Waals surface area contributed by atoms with Crippen molar-refractivity contribution in [1.82, 2.24) is 4.72 Å². The van der Waals surface area contributed by atoms with Crippen LogP contribution in [0.15, 0.2) is 23.1 Å². The van der Waals surface area contributed by atoms with Crippen LogP contribution >= 0.6 is 0 Å². The van der Waals surface area contributed by atoms with E-state index in [4.69, 9.17) is 0 Å². The normalized spacial score (nSPS) is 13.5. The molecule has 1 N–H and O–H groups in total. The average molecular weight is 283 g/mol. The Morgan fingerprint density at radius 2 is 1.89 bits per heavy atom. The van der Waals surface area contributed by atoms with Crippen molar-refractivity contribution in [2.75, 3.05) is 0 Å². The van der Waals surface area contributed by atoms with E-state index < -0.39 is 10.0 Å². The molecule has 19 heavy (non-hydrogen) atoms. The Morgan fingerprint density at radius 1 is 1.21 bits per heavy atom. The van der Waals surface area contributed by atoms with E-state index in [0.29, 0.717) is 4.90 Å². The summed E-state index contributed by atoms with van der Waals surface area (Å²) in [5, 5.41) is 0. The number of unbranched alkanes of at least 4 members (excludes halogenated alkanes) is 2. The summed E-state index contributed by atoms with van der Waals surface area (Å²) in [6, 6.07) is 5.50. The highest BCUT2D eigenvalue weighted by atomic mass is 32.2. The first-order valence-corrected chi connectivity index (χ1v) is 8.44. The Balaban J connectivity index is 2.78. The molecule has 1 aromatic rings. The van der Waals surface area contributed by atoms with Crippen molar-refractivity contribution in [3.63, 3.8) is 0 Å². The summed E-state index contributed by atoms with van der Waals surface area (Å²) in [7, 11) is -3.40. The lowest BCUT2D eigenvalue weighted by Gasteiger charge is -2.15. The number of benzene rings is 1. The Hall–Kier alpha value is -0.870. The molecule has 4 heteroatoms. The van der Waals surface area contributed by atoms with Crippen LogP contribution in [0.25, 0.3) is 0 Å². The van der Waals surface area contributed by atoms with Gasteiger partial charge in [0, 0.05) is 6.04 Å². The molecule has 0 aliphatic heterocycles. The molecule has 0 heterocycles. The van der Waals surface area contributed by atoms with Gasteiger partial charge in [0.05, 0.1) is 4.90 Å². The zero-order valence-corrected chi connectivity index (χ0v) is 13.2. The summed E-state index contributed by atoms with van der Waals surface area (Å²) < 4.78 is 27.4. The fourth-order valence-electron chi connectivity index (χ4n) is 2.08. The molecule has 0 bridgehead atoms. The zero-order chi connectivity index (χ0) is 14.5. The standard InChI is InChI=1S/C15H25NO2S/c1-5-6-7-8-14(4)16-19(17,18)15-11-12(2)9-10-13(15)3/h9-11,14,16H,5-8H2,1-4H3. The van der Waals surface area contributed by atoms with E-state index in [-0.39, 0.29) is 6.04 Å². The maximum absolute atomic E-state index is 12.3. The van der Waals surface area contributed by atoms with Gasteiger partial charge in [0.25, 0.3) is 0 Å². The molecule has 0 aromatic heterocycles. The average Bonchev–Trinajstić information content (AvgIpc) is 2.32. The Bertz CT molecular complexity index is 509. The first-order chi connectivity index (χ1) is 8.86. The molecule has 0 aliphatic carbocycles. The lowest BCUT2D eigenvalue weighted by atomic mass is 10.1. The summed E-state index contributed by atoms with van der Waals surface area (Å²) in [6.07, 6.45) is 4.25. The van der Waals surface area contributed by atoms with Crippen molar-refractivity contribution in [1.29, 1.82) is 0 Å². The van der Waals surface area contributed by atoms with E-state index in [1.54, 1.807) is 6.07 Å². The number of hydrogen-bond donors (Lipinski definition) is 1. The first kappa shape index (κ1) is 16.2. The largest absolute Gasteiger partial charge is 0.241 e. The van der Waals surface area contributed by atoms with E-state index >= 15 is 0 Å². The van der Waals surface area contributed by atoms with Gasteiger partial charge in [0.1, 0.15) is 0 Å². The molecule has 0 saturated carbocycles. The smallest absolute Gasteiger partial charge is 0.208 e. The highest BCUT2D eigenvalue weighted by Crippen LogP contribution is 2.17. The second-order valence-corrected chi connectivity index (χ2v) is 6.97. The first-order valence-electron chi connectivity index (χ1n) is 6.96. The van der Waals surface area contributed by atoms with Crippen molar-refractivity contribution < 1.29 is 8.42 Å². The van der Waals surface area contributed by atoms with Gasteiger partial charge in [-0.05, 0) is 44.4 Å². The highest BCUT2D eigenvalue weighted by Gasteiger charge is 2.19. The minimum Gasteiger partial charge on any atom is -0.208 e. The van der Waals surface area contributed by atoms with Crippen LogP contribution in [0.1, 0.15) is 50.7 Å². The highest BCUT2D eigenvalue weighted by molar-refractivity contribution is 7.89.